The lowest BCUT2D eigenvalue weighted by molar-refractivity contribution is -0.138. The highest BCUT2D eigenvalue weighted by molar-refractivity contribution is 5.99. The zero-order chi connectivity index (χ0) is 17.4. The van der Waals surface area contributed by atoms with Crippen LogP contribution >= 0.6 is 0 Å². The molecule has 1 aliphatic rings. The molecule has 24 heavy (non-hydrogen) atoms. The van der Waals surface area contributed by atoms with Gasteiger partial charge >= 0.3 is 5.97 Å². The van der Waals surface area contributed by atoms with Crippen molar-refractivity contribution in [1.82, 2.24) is 9.78 Å². The van der Waals surface area contributed by atoms with Crippen LogP contribution in [-0.4, -0.2) is 33.3 Å². The molecule has 1 aromatic heterocycles. The fourth-order valence-electron chi connectivity index (χ4n) is 3.40. The fraction of sp³-hybridized carbons (Fsp3) is 0.389. The molecule has 126 valence electrons. The zero-order valence-corrected chi connectivity index (χ0v) is 14.1. The Morgan fingerprint density at radius 3 is 2.67 bits per heavy atom. The number of hydrogen-bond acceptors (Lipinski definition) is 3. The minimum atomic E-state index is -0.899. The Morgan fingerprint density at radius 2 is 2.04 bits per heavy atom. The van der Waals surface area contributed by atoms with Crippen molar-refractivity contribution in [3.63, 3.8) is 0 Å². The minimum absolute atomic E-state index is 0.0775. The van der Waals surface area contributed by atoms with Crippen molar-refractivity contribution < 1.29 is 14.7 Å². The monoisotopic (exact) mass is 327 g/mol. The minimum Gasteiger partial charge on any atom is -0.481 e. The quantitative estimate of drug-likeness (QED) is 0.937. The molecule has 1 N–H and O–H groups in total. The maximum atomic E-state index is 12.8. The Bertz CT molecular complexity index is 797. The maximum absolute atomic E-state index is 12.8. The lowest BCUT2D eigenvalue weighted by Gasteiger charge is -2.21. The summed E-state index contributed by atoms with van der Waals surface area (Å²) in [7, 11) is 0. The predicted octanol–water partition coefficient (Wildman–Crippen LogP) is 2.67. The van der Waals surface area contributed by atoms with Gasteiger partial charge in [0.2, 0.25) is 5.91 Å². The Balaban J connectivity index is 1.81. The van der Waals surface area contributed by atoms with Crippen LogP contribution in [0.3, 0.4) is 0 Å². The second-order valence-corrected chi connectivity index (χ2v) is 6.38. The summed E-state index contributed by atoms with van der Waals surface area (Å²) >= 11 is 0. The van der Waals surface area contributed by atoms with Gasteiger partial charge in [-0.05, 0) is 38.5 Å². The van der Waals surface area contributed by atoms with E-state index in [1.54, 1.807) is 17.0 Å². The van der Waals surface area contributed by atoms with Crippen molar-refractivity contribution in [2.75, 3.05) is 11.4 Å². The molecule has 0 saturated carbocycles. The molecular weight excluding hydrogens is 306 g/mol. The summed E-state index contributed by atoms with van der Waals surface area (Å²) in [5.41, 5.74) is 3.34. The van der Waals surface area contributed by atoms with Gasteiger partial charge in [-0.2, -0.15) is 5.10 Å². The maximum Gasteiger partial charge on any atom is 0.312 e. The number of benzene rings is 1. The standard InChI is InChI=1S/C18H21N3O3/c1-11-8-12(2)21(19-11)13(3)9-17(22)20-10-15(18(23)24)14-6-4-5-7-16(14)20/h4-8,13,15H,9-10H2,1-3H3,(H,23,24). The molecular formula is C18H21N3O3. The molecule has 2 aromatic rings. The molecule has 2 atom stereocenters. The smallest absolute Gasteiger partial charge is 0.312 e. The van der Waals surface area contributed by atoms with E-state index in [4.69, 9.17) is 0 Å². The number of rotatable bonds is 4. The SMILES string of the molecule is Cc1cc(C)n(C(C)CC(=O)N2CC(C(=O)O)c3ccccc32)n1. The van der Waals surface area contributed by atoms with Crippen LogP contribution in [0.4, 0.5) is 5.69 Å². The van der Waals surface area contributed by atoms with Gasteiger partial charge in [0.25, 0.3) is 0 Å². The van der Waals surface area contributed by atoms with Gasteiger partial charge in [0.1, 0.15) is 5.92 Å². The Labute approximate surface area is 140 Å². The van der Waals surface area contributed by atoms with E-state index < -0.39 is 11.9 Å². The number of amides is 1. The van der Waals surface area contributed by atoms with Crippen molar-refractivity contribution in [3.8, 4) is 0 Å². The topological polar surface area (TPSA) is 75.4 Å². The Kier molecular flexibility index (Phi) is 4.13. The predicted molar refractivity (Wildman–Crippen MR) is 90.2 cm³/mol. The van der Waals surface area contributed by atoms with Crippen LogP contribution in [0.5, 0.6) is 0 Å². The van der Waals surface area contributed by atoms with Crippen LogP contribution in [0.2, 0.25) is 0 Å². The molecule has 0 radical (unpaired) electrons. The average molecular weight is 327 g/mol. The number of aromatic nitrogens is 2. The molecule has 2 unspecified atom stereocenters. The summed E-state index contributed by atoms with van der Waals surface area (Å²) in [6, 6.07) is 9.12. The third kappa shape index (κ3) is 2.79. The fourth-order valence-corrected chi connectivity index (χ4v) is 3.40. The summed E-state index contributed by atoms with van der Waals surface area (Å²) in [6.07, 6.45) is 0.280. The highest BCUT2D eigenvalue weighted by atomic mass is 16.4. The highest BCUT2D eigenvalue weighted by Crippen LogP contribution is 2.37. The van der Waals surface area contributed by atoms with Gasteiger partial charge in [0.05, 0.1) is 11.7 Å². The van der Waals surface area contributed by atoms with Gasteiger partial charge in [0.15, 0.2) is 0 Å². The van der Waals surface area contributed by atoms with E-state index in [0.717, 1.165) is 11.4 Å². The van der Waals surface area contributed by atoms with Crippen molar-refractivity contribution in [1.29, 1.82) is 0 Å². The van der Waals surface area contributed by atoms with Gasteiger partial charge in [-0.3, -0.25) is 14.3 Å². The molecule has 1 aromatic carbocycles. The molecule has 0 saturated heterocycles. The summed E-state index contributed by atoms with van der Waals surface area (Å²) in [5.74, 6) is -1.63. The molecule has 2 heterocycles. The lowest BCUT2D eigenvalue weighted by Crippen LogP contribution is -2.32. The first-order valence-corrected chi connectivity index (χ1v) is 8.03. The molecule has 0 bridgehead atoms. The number of carboxylic acids is 1. The number of carbonyl (C=O) groups excluding carboxylic acids is 1. The van der Waals surface area contributed by atoms with Crippen molar-refractivity contribution in [3.05, 3.63) is 47.3 Å². The lowest BCUT2D eigenvalue weighted by atomic mass is 10.0. The molecule has 3 rings (SSSR count). The van der Waals surface area contributed by atoms with Crippen LogP contribution in [-0.2, 0) is 9.59 Å². The van der Waals surface area contributed by atoms with E-state index in [9.17, 15) is 14.7 Å². The highest BCUT2D eigenvalue weighted by Gasteiger charge is 2.36. The van der Waals surface area contributed by atoms with Crippen LogP contribution in [0.25, 0.3) is 0 Å². The van der Waals surface area contributed by atoms with Crippen LogP contribution in [0, 0.1) is 13.8 Å². The number of aliphatic carboxylic acids is 1. The van der Waals surface area contributed by atoms with Gasteiger partial charge in [0, 0.05) is 24.3 Å². The van der Waals surface area contributed by atoms with Gasteiger partial charge in [-0.15, -0.1) is 0 Å². The second-order valence-electron chi connectivity index (χ2n) is 6.38. The number of aryl methyl sites for hydroxylation is 2. The largest absolute Gasteiger partial charge is 0.481 e. The molecule has 6 nitrogen and oxygen atoms in total. The number of anilines is 1. The molecule has 6 heteroatoms. The van der Waals surface area contributed by atoms with Gasteiger partial charge < -0.3 is 10.0 Å². The second kappa shape index (κ2) is 6.11. The number of nitrogens with zero attached hydrogens (tertiary/aromatic N) is 3. The number of fused-ring (bicyclic) bond motifs is 1. The van der Waals surface area contributed by atoms with Crippen molar-refractivity contribution >= 4 is 17.6 Å². The first-order valence-electron chi connectivity index (χ1n) is 8.03. The molecule has 0 fully saturated rings. The molecule has 1 aliphatic heterocycles. The average Bonchev–Trinajstić information content (AvgIpc) is 3.07. The number of hydrogen-bond donors (Lipinski definition) is 1. The third-order valence-corrected chi connectivity index (χ3v) is 4.50. The Morgan fingerprint density at radius 1 is 1.33 bits per heavy atom. The summed E-state index contributed by atoms with van der Waals surface area (Å²) < 4.78 is 1.85. The first kappa shape index (κ1) is 16.2. The van der Waals surface area contributed by atoms with Crippen LogP contribution < -0.4 is 4.90 Å². The summed E-state index contributed by atoms with van der Waals surface area (Å²) in [5, 5.41) is 13.8. The van der Waals surface area contributed by atoms with Gasteiger partial charge in [-0.25, -0.2) is 0 Å². The number of para-hydroxylation sites is 1. The van der Waals surface area contributed by atoms with E-state index in [1.165, 1.54) is 0 Å². The van der Waals surface area contributed by atoms with Gasteiger partial charge in [-0.1, -0.05) is 18.2 Å². The molecule has 0 aliphatic carbocycles. The normalized spacial score (nSPS) is 17.6. The van der Waals surface area contributed by atoms with E-state index in [-0.39, 0.29) is 24.9 Å². The van der Waals surface area contributed by atoms with Crippen LogP contribution in [0.15, 0.2) is 30.3 Å². The van der Waals surface area contributed by atoms with Crippen molar-refractivity contribution in [2.45, 2.75) is 39.2 Å². The van der Waals surface area contributed by atoms with Crippen LogP contribution in [0.1, 0.15) is 42.3 Å². The summed E-state index contributed by atoms with van der Waals surface area (Å²) in [6.45, 7) is 6.03. The zero-order valence-electron chi connectivity index (χ0n) is 14.1. The van der Waals surface area contributed by atoms with E-state index in [2.05, 4.69) is 5.10 Å². The third-order valence-electron chi connectivity index (χ3n) is 4.50. The van der Waals surface area contributed by atoms with E-state index in [1.807, 2.05) is 43.7 Å². The first-order chi connectivity index (χ1) is 11.4. The summed E-state index contributed by atoms with van der Waals surface area (Å²) in [4.78, 5) is 25.8. The number of carboxylic acid groups (broad SMARTS) is 1. The van der Waals surface area contributed by atoms with E-state index in [0.29, 0.717) is 11.3 Å². The number of carbonyl (C=O) groups is 2. The van der Waals surface area contributed by atoms with E-state index >= 15 is 0 Å². The van der Waals surface area contributed by atoms with Crippen molar-refractivity contribution in [2.24, 2.45) is 0 Å². The molecule has 1 amide bonds. The molecule has 0 spiro atoms. The Hall–Kier alpha value is -2.63.